The number of allylic oxidation sites excluding steroid dienone is 2. The van der Waals surface area contributed by atoms with Crippen molar-refractivity contribution in [2.24, 2.45) is 11.8 Å². The summed E-state index contributed by atoms with van der Waals surface area (Å²) >= 11 is 1.86. The van der Waals surface area contributed by atoms with E-state index < -0.39 is 0 Å². The van der Waals surface area contributed by atoms with E-state index in [-0.39, 0.29) is 54.3 Å². The molecule has 5 heteroatoms. The Hall–Kier alpha value is -3.89. The number of benzene rings is 4. The number of carbonyl (C=O) groups is 1. The molecule has 1 N–H and O–H groups in total. The van der Waals surface area contributed by atoms with Gasteiger partial charge in [-0.2, -0.15) is 0 Å². The third kappa shape index (κ3) is 8.17. The molecule has 3 nitrogen and oxygen atoms in total. The number of ketones is 1. The van der Waals surface area contributed by atoms with Crippen molar-refractivity contribution < 1.29 is 30.0 Å². The molecule has 4 aromatic carbocycles. The Bertz CT molecular complexity index is 2350. The Kier molecular flexibility index (Phi) is 13.1. The van der Waals surface area contributed by atoms with Crippen molar-refractivity contribution in [1.82, 2.24) is 4.98 Å². The molecule has 1 radical (unpaired) electrons. The van der Waals surface area contributed by atoms with E-state index in [0.29, 0.717) is 0 Å². The number of aliphatic hydroxyl groups excluding tert-OH is 1. The maximum absolute atomic E-state index is 11.7. The molecule has 289 valence electrons. The van der Waals surface area contributed by atoms with Crippen molar-refractivity contribution in [1.29, 1.82) is 0 Å². The molecule has 0 bridgehead atoms. The molecule has 2 aromatic heterocycles. The van der Waals surface area contributed by atoms with Crippen LogP contribution < -0.4 is 0 Å². The fraction of sp³-hybridized carbons (Fsp3) is 0.360. The molecule has 0 unspecified atom stereocenters. The van der Waals surface area contributed by atoms with E-state index in [4.69, 9.17) is 4.98 Å². The quantitative estimate of drug-likeness (QED) is 0.0893. The second kappa shape index (κ2) is 17.1. The normalized spacial score (nSPS) is 13.4. The number of aryl methyl sites for hydroxylation is 1. The van der Waals surface area contributed by atoms with Gasteiger partial charge in [-0.05, 0) is 88.9 Å². The van der Waals surface area contributed by atoms with Crippen LogP contribution in [0.25, 0.3) is 53.7 Å². The maximum atomic E-state index is 11.7. The van der Waals surface area contributed by atoms with Crippen molar-refractivity contribution in [3.05, 3.63) is 125 Å². The van der Waals surface area contributed by atoms with Crippen LogP contribution in [0.1, 0.15) is 110 Å². The van der Waals surface area contributed by atoms with Gasteiger partial charge in [-0.1, -0.05) is 128 Å². The van der Waals surface area contributed by atoms with Gasteiger partial charge in [0.2, 0.25) is 0 Å². The second-order valence-corrected chi connectivity index (χ2v) is 17.4. The van der Waals surface area contributed by atoms with Crippen LogP contribution in [-0.2, 0) is 35.7 Å². The van der Waals surface area contributed by atoms with Gasteiger partial charge in [0.15, 0.2) is 5.78 Å². The van der Waals surface area contributed by atoms with Crippen LogP contribution in [0.5, 0.6) is 0 Å². The summed E-state index contributed by atoms with van der Waals surface area (Å²) in [6.07, 6.45) is 6.87. The number of pyridine rings is 1. The molecular formula is C50H56IrNO2S-. The van der Waals surface area contributed by atoms with Crippen molar-refractivity contribution in [3.63, 3.8) is 0 Å². The number of thiophene rings is 1. The first-order valence-corrected chi connectivity index (χ1v) is 20.6. The van der Waals surface area contributed by atoms with E-state index in [2.05, 4.69) is 126 Å². The average molecular weight is 927 g/mol. The fourth-order valence-corrected chi connectivity index (χ4v) is 9.52. The number of nitrogens with zero attached hydrogens (tertiary/aromatic N) is 1. The van der Waals surface area contributed by atoms with E-state index in [1.165, 1.54) is 65.4 Å². The minimum atomic E-state index is -0.0113. The first-order chi connectivity index (χ1) is 25.7. The molecule has 1 aliphatic rings. The van der Waals surface area contributed by atoms with Crippen molar-refractivity contribution >= 4 is 38.0 Å². The molecule has 0 amide bonds. The maximum Gasteiger partial charge on any atom is 0.162 e. The predicted molar refractivity (Wildman–Crippen MR) is 232 cm³/mol. The summed E-state index contributed by atoms with van der Waals surface area (Å²) in [5.41, 5.74) is 11.6. The monoisotopic (exact) mass is 927 g/mol. The Balaban J connectivity index is 0.000000311. The molecule has 55 heavy (non-hydrogen) atoms. The van der Waals surface area contributed by atoms with Gasteiger partial charge in [0, 0.05) is 64.9 Å². The zero-order valence-corrected chi connectivity index (χ0v) is 37.4. The summed E-state index contributed by atoms with van der Waals surface area (Å²) in [6.45, 7) is 21.9. The summed E-state index contributed by atoms with van der Waals surface area (Å²) in [4.78, 5) is 18.0. The first kappa shape index (κ1) is 42.3. The molecule has 0 fully saturated rings. The standard InChI is InChI=1S/C37H32NS.C13H24O2.Ir/c1-22-26-17-18-38-33(25-19-23-11-7-8-12-27(23)31(21-25)36(2,3)4)35(26)39-34(22)24-15-16-29-28-13-9-10-14-30(28)37(5,6)32(29)20-24;1-5-10(6-2)12(14)9-13(15)11(7-3)8-4;/h7-18,20-21H,1-6H3;9-11,14H,5-8H2,1-4H3;/q-1;;/b;12-9-;. The van der Waals surface area contributed by atoms with Crippen molar-refractivity contribution in [2.75, 3.05) is 0 Å². The summed E-state index contributed by atoms with van der Waals surface area (Å²) in [5.74, 6) is 0.547. The van der Waals surface area contributed by atoms with Crippen LogP contribution in [-0.4, -0.2) is 15.9 Å². The largest absolute Gasteiger partial charge is 0.512 e. The van der Waals surface area contributed by atoms with E-state index in [9.17, 15) is 9.90 Å². The molecule has 0 atom stereocenters. The number of hydrogen-bond donors (Lipinski definition) is 1. The third-order valence-electron chi connectivity index (χ3n) is 11.6. The van der Waals surface area contributed by atoms with Crippen molar-refractivity contribution in [3.8, 4) is 32.8 Å². The van der Waals surface area contributed by atoms with Crippen LogP contribution in [0.3, 0.4) is 0 Å². The Morgan fingerprint density at radius 1 is 0.836 bits per heavy atom. The van der Waals surface area contributed by atoms with Gasteiger partial charge < -0.3 is 5.11 Å². The summed E-state index contributed by atoms with van der Waals surface area (Å²) in [5, 5.41) is 13.5. The van der Waals surface area contributed by atoms with E-state index in [1.54, 1.807) is 0 Å². The molecule has 0 spiro atoms. The van der Waals surface area contributed by atoms with Gasteiger partial charge in [-0.25, -0.2) is 0 Å². The van der Waals surface area contributed by atoms with E-state index >= 15 is 0 Å². The van der Waals surface area contributed by atoms with Gasteiger partial charge >= 0.3 is 0 Å². The Morgan fingerprint density at radius 3 is 2.15 bits per heavy atom. The zero-order valence-electron chi connectivity index (χ0n) is 34.2. The van der Waals surface area contributed by atoms with Crippen LogP contribution in [0.15, 0.2) is 96.9 Å². The Labute approximate surface area is 346 Å². The molecule has 1 aliphatic carbocycles. The van der Waals surface area contributed by atoms with Crippen LogP contribution in [0.2, 0.25) is 0 Å². The smallest absolute Gasteiger partial charge is 0.162 e. The van der Waals surface area contributed by atoms with Crippen LogP contribution >= 0.6 is 11.3 Å². The fourth-order valence-electron chi connectivity index (χ4n) is 8.22. The number of aliphatic hydroxyl groups is 1. The summed E-state index contributed by atoms with van der Waals surface area (Å²) in [7, 11) is 0. The molecular weight excluding hydrogens is 871 g/mol. The number of fused-ring (bicyclic) bond motifs is 5. The second-order valence-electron chi connectivity index (χ2n) is 16.4. The van der Waals surface area contributed by atoms with Crippen LogP contribution in [0.4, 0.5) is 0 Å². The number of hydrogen-bond acceptors (Lipinski definition) is 4. The minimum absolute atomic E-state index is 0. The molecule has 6 aromatic rings. The molecule has 2 heterocycles. The van der Waals surface area contributed by atoms with Crippen molar-refractivity contribution in [2.45, 2.75) is 106 Å². The first-order valence-electron chi connectivity index (χ1n) is 19.8. The third-order valence-corrected chi connectivity index (χ3v) is 13.0. The van der Waals surface area contributed by atoms with Gasteiger partial charge in [0.25, 0.3) is 0 Å². The van der Waals surface area contributed by atoms with Gasteiger partial charge in [0.05, 0.1) is 5.76 Å². The van der Waals surface area contributed by atoms with E-state index in [0.717, 1.165) is 42.3 Å². The van der Waals surface area contributed by atoms with Gasteiger partial charge in [0.1, 0.15) is 0 Å². The average Bonchev–Trinajstić information content (AvgIpc) is 3.62. The topological polar surface area (TPSA) is 50.2 Å². The minimum Gasteiger partial charge on any atom is -0.512 e. The summed E-state index contributed by atoms with van der Waals surface area (Å²) in [6, 6.07) is 32.7. The van der Waals surface area contributed by atoms with Gasteiger partial charge in [-0.15, -0.1) is 40.5 Å². The van der Waals surface area contributed by atoms with E-state index in [1.807, 2.05) is 45.2 Å². The molecule has 0 saturated carbocycles. The molecule has 0 saturated heterocycles. The van der Waals surface area contributed by atoms with Crippen LogP contribution in [0, 0.1) is 24.8 Å². The number of rotatable bonds is 9. The number of carbonyl (C=O) groups excluding carboxylic acids is 1. The number of aromatic nitrogens is 1. The predicted octanol–water partition coefficient (Wildman–Crippen LogP) is 14.4. The molecule has 7 rings (SSSR count). The summed E-state index contributed by atoms with van der Waals surface area (Å²) < 4.78 is 1.24. The SMILES string of the molecule is CCC(CC)C(=O)/C=C(\O)C(CC)CC.Cc1c(-c2ccc3c(c2)C(C)(C)c2ccccc2-3)sc2c(-c3[c-]c4ccccc4c(C(C)(C)C)c3)nccc12.[Ir]. The Morgan fingerprint density at radius 2 is 1.47 bits per heavy atom. The zero-order chi connectivity index (χ0) is 38.9. The van der Waals surface area contributed by atoms with Gasteiger partial charge in [-0.3, -0.25) is 9.78 Å². The molecule has 0 aliphatic heterocycles.